The van der Waals surface area contributed by atoms with E-state index in [0.717, 1.165) is 24.0 Å². The van der Waals surface area contributed by atoms with Crippen LogP contribution in [0.5, 0.6) is 17.2 Å². The van der Waals surface area contributed by atoms with E-state index in [9.17, 15) is 10.1 Å². The number of nitrogens with zero attached hydrogens (tertiary/aromatic N) is 1. The predicted molar refractivity (Wildman–Crippen MR) is 138 cm³/mol. The fraction of sp³-hybridized carbons (Fsp3) is 0.267. The van der Waals surface area contributed by atoms with Crippen LogP contribution in [0.3, 0.4) is 0 Å². The van der Waals surface area contributed by atoms with Gasteiger partial charge in [0.25, 0.3) is 0 Å². The summed E-state index contributed by atoms with van der Waals surface area (Å²) in [5.74, 6) is 1.07. The fourth-order valence-electron chi connectivity index (χ4n) is 4.10. The quantitative estimate of drug-likeness (QED) is 0.226. The molecule has 0 radical (unpaired) electrons. The maximum atomic E-state index is 12.7. The van der Waals surface area contributed by atoms with Gasteiger partial charge in [-0.1, -0.05) is 57.5 Å². The minimum absolute atomic E-state index is 0.0464. The van der Waals surface area contributed by atoms with E-state index in [4.69, 9.17) is 19.9 Å². The van der Waals surface area contributed by atoms with Crippen molar-refractivity contribution < 1.29 is 19.0 Å². The summed E-state index contributed by atoms with van der Waals surface area (Å²) < 4.78 is 17.0. The number of unbranched alkanes of at least 4 members (excludes halogenated alkanes) is 1. The molecule has 3 aromatic rings. The molecule has 36 heavy (non-hydrogen) atoms. The molecule has 1 unspecified atom stereocenters. The van der Waals surface area contributed by atoms with E-state index in [0.29, 0.717) is 40.9 Å². The summed E-state index contributed by atoms with van der Waals surface area (Å²) in [6, 6.07) is 22.4. The molecule has 3 aromatic carbocycles. The van der Waals surface area contributed by atoms with Crippen molar-refractivity contribution in [2.24, 2.45) is 5.73 Å². The molecule has 0 bridgehead atoms. The second kappa shape index (κ2) is 11.0. The number of benzene rings is 3. The molecule has 1 aliphatic rings. The number of allylic oxidation sites excluding steroid dienone is 1. The van der Waals surface area contributed by atoms with Crippen LogP contribution in [0.4, 0.5) is 0 Å². The Hall–Kier alpha value is -4.24. The molecule has 4 rings (SSSR count). The van der Waals surface area contributed by atoms with Gasteiger partial charge >= 0.3 is 5.97 Å². The van der Waals surface area contributed by atoms with E-state index in [1.54, 1.807) is 36.4 Å². The van der Waals surface area contributed by atoms with Crippen LogP contribution in [0.25, 0.3) is 0 Å². The van der Waals surface area contributed by atoms with Gasteiger partial charge in [-0.3, -0.25) is 0 Å². The molecule has 6 heteroatoms. The lowest BCUT2D eigenvalue weighted by Gasteiger charge is -2.27. The highest BCUT2D eigenvalue weighted by Crippen LogP contribution is 2.43. The molecule has 0 aliphatic carbocycles. The maximum Gasteiger partial charge on any atom is 0.343 e. The van der Waals surface area contributed by atoms with Crippen LogP contribution in [0.15, 0.2) is 78.2 Å². The Labute approximate surface area is 211 Å². The van der Waals surface area contributed by atoms with Crippen molar-refractivity contribution in [3.63, 3.8) is 0 Å². The number of carbonyl (C=O) groups excluding carboxylic acids is 1. The third kappa shape index (κ3) is 5.36. The summed E-state index contributed by atoms with van der Waals surface area (Å²) in [4.78, 5) is 12.7. The number of nitrogens with two attached hydrogens (primary N) is 1. The van der Waals surface area contributed by atoms with E-state index >= 15 is 0 Å². The van der Waals surface area contributed by atoms with Crippen LogP contribution >= 0.6 is 0 Å². The van der Waals surface area contributed by atoms with Gasteiger partial charge in [-0.2, -0.15) is 5.26 Å². The molecule has 0 spiro atoms. The summed E-state index contributed by atoms with van der Waals surface area (Å²) in [7, 11) is 0. The van der Waals surface area contributed by atoms with Gasteiger partial charge in [-0.05, 0) is 53.8 Å². The van der Waals surface area contributed by atoms with E-state index in [-0.39, 0.29) is 11.8 Å². The predicted octanol–water partition coefficient (Wildman–Crippen LogP) is 6.43. The van der Waals surface area contributed by atoms with Crippen molar-refractivity contribution in [3.8, 4) is 23.3 Å². The highest BCUT2D eigenvalue weighted by atomic mass is 16.5. The smallest absolute Gasteiger partial charge is 0.343 e. The molecular formula is C30H30N2O4. The molecule has 1 aliphatic heterocycles. The van der Waals surface area contributed by atoms with Gasteiger partial charge < -0.3 is 19.9 Å². The Morgan fingerprint density at radius 1 is 1.06 bits per heavy atom. The van der Waals surface area contributed by atoms with Crippen LogP contribution in [-0.2, 0) is 0 Å². The monoisotopic (exact) mass is 482 g/mol. The summed E-state index contributed by atoms with van der Waals surface area (Å²) in [5.41, 5.74) is 9.82. The Morgan fingerprint density at radius 3 is 2.39 bits per heavy atom. The summed E-state index contributed by atoms with van der Waals surface area (Å²) in [5, 5.41) is 9.79. The van der Waals surface area contributed by atoms with Crippen molar-refractivity contribution in [1.29, 1.82) is 5.26 Å². The van der Waals surface area contributed by atoms with E-state index < -0.39 is 5.97 Å². The van der Waals surface area contributed by atoms with Crippen molar-refractivity contribution >= 4 is 5.97 Å². The summed E-state index contributed by atoms with van der Waals surface area (Å²) in [6.07, 6.45) is 2.03. The van der Waals surface area contributed by atoms with Crippen LogP contribution in [0.1, 0.15) is 72.5 Å². The van der Waals surface area contributed by atoms with Crippen molar-refractivity contribution in [3.05, 3.63) is 100 Å². The topological polar surface area (TPSA) is 94.6 Å². The Morgan fingerprint density at radius 2 is 1.75 bits per heavy atom. The number of carbonyl (C=O) groups is 1. The average molecular weight is 483 g/mol. The van der Waals surface area contributed by atoms with Gasteiger partial charge in [-0.15, -0.1) is 0 Å². The molecule has 1 heterocycles. The van der Waals surface area contributed by atoms with E-state index in [1.165, 1.54) is 5.56 Å². The number of rotatable bonds is 8. The third-order valence-electron chi connectivity index (χ3n) is 6.19. The molecule has 184 valence electrons. The van der Waals surface area contributed by atoms with Crippen LogP contribution in [0.2, 0.25) is 0 Å². The first kappa shape index (κ1) is 24.9. The van der Waals surface area contributed by atoms with Gasteiger partial charge in [0, 0.05) is 11.6 Å². The number of ether oxygens (including phenoxy) is 3. The van der Waals surface area contributed by atoms with Crippen molar-refractivity contribution in [1.82, 2.24) is 0 Å². The minimum atomic E-state index is -0.493. The summed E-state index contributed by atoms with van der Waals surface area (Å²) >= 11 is 0. The molecule has 0 fully saturated rings. The number of nitriles is 1. The lowest BCUT2D eigenvalue weighted by molar-refractivity contribution is 0.0734. The minimum Gasteiger partial charge on any atom is -0.494 e. The van der Waals surface area contributed by atoms with Crippen molar-refractivity contribution in [2.45, 2.75) is 45.4 Å². The van der Waals surface area contributed by atoms with Gasteiger partial charge in [0.15, 0.2) is 0 Å². The number of hydrogen-bond donors (Lipinski definition) is 1. The van der Waals surface area contributed by atoms with Crippen LogP contribution < -0.4 is 19.9 Å². The molecule has 0 aromatic heterocycles. The third-order valence-corrected chi connectivity index (χ3v) is 6.19. The van der Waals surface area contributed by atoms with Gasteiger partial charge in [0.05, 0.1) is 18.1 Å². The highest BCUT2D eigenvalue weighted by Gasteiger charge is 2.31. The summed E-state index contributed by atoms with van der Waals surface area (Å²) in [6.45, 7) is 7.01. The molecule has 6 nitrogen and oxygen atoms in total. The first-order valence-corrected chi connectivity index (χ1v) is 12.2. The largest absolute Gasteiger partial charge is 0.494 e. The van der Waals surface area contributed by atoms with E-state index in [2.05, 4.69) is 39.0 Å². The second-order valence-corrected chi connectivity index (χ2v) is 9.06. The lowest BCUT2D eigenvalue weighted by Crippen LogP contribution is -2.21. The zero-order valence-corrected chi connectivity index (χ0v) is 20.8. The zero-order chi connectivity index (χ0) is 25.7. The Bertz CT molecular complexity index is 1300. The maximum absolute atomic E-state index is 12.7. The zero-order valence-electron chi connectivity index (χ0n) is 20.8. The average Bonchev–Trinajstić information content (AvgIpc) is 2.88. The first-order chi connectivity index (χ1) is 17.4. The highest BCUT2D eigenvalue weighted by molar-refractivity contribution is 5.91. The lowest BCUT2D eigenvalue weighted by atomic mass is 9.83. The molecule has 0 saturated heterocycles. The first-order valence-electron chi connectivity index (χ1n) is 12.2. The van der Waals surface area contributed by atoms with Crippen molar-refractivity contribution in [2.75, 3.05) is 6.61 Å². The molecular weight excluding hydrogens is 452 g/mol. The molecule has 0 amide bonds. The fourth-order valence-corrected chi connectivity index (χ4v) is 4.10. The van der Waals surface area contributed by atoms with Crippen LogP contribution in [0, 0.1) is 11.3 Å². The molecule has 0 saturated carbocycles. The Kier molecular flexibility index (Phi) is 7.60. The molecule has 1 atom stereocenters. The molecule has 2 N–H and O–H groups in total. The Balaban J connectivity index is 1.55. The standard InChI is InChI=1S/C30H30N2O4/c1-4-5-16-34-23-12-10-22(11-13-23)30(33)35-24-14-15-25-27(17-24)36-29(32)26(18-31)28(25)21-8-6-20(7-9-21)19(2)3/h6-15,17,19,28H,4-5,16,32H2,1-3H3. The van der Waals surface area contributed by atoms with Gasteiger partial charge in [0.2, 0.25) is 5.88 Å². The number of esters is 1. The second-order valence-electron chi connectivity index (χ2n) is 9.06. The SMILES string of the molecule is CCCCOc1ccc(C(=O)Oc2ccc3c(c2)OC(N)=C(C#N)C3c2ccc(C(C)C)cc2)cc1. The number of hydrogen-bond acceptors (Lipinski definition) is 6. The van der Waals surface area contributed by atoms with E-state index in [1.807, 2.05) is 18.2 Å². The normalized spacial score (nSPS) is 14.6. The number of fused-ring (bicyclic) bond motifs is 1. The van der Waals surface area contributed by atoms with Gasteiger partial charge in [-0.25, -0.2) is 4.79 Å². The van der Waals surface area contributed by atoms with Crippen LogP contribution in [-0.4, -0.2) is 12.6 Å². The van der Waals surface area contributed by atoms with Gasteiger partial charge in [0.1, 0.15) is 28.9 Å².